The third-order valence-corrected chi connectivity index (χ3v) is 3.59. The van der Waals surface area contributed by atoms with E-state index in [0.717, 1.165) is 32.4 Å². The van der Waals surface area contributed by atoms with Gasteiger partial charge >= 0.3 is 0 Å². The lowest BCUT2D eigenvalue weighted by atomic mass is 10.0. The molecule has 20 heavy (non-hydrogen) atoms. The van der Waals surface area contributed by atoms with Gasteiger partial charge in [-0.15, -0.1) is 0 Å². The smallest absolute Gasteiger partial charge is 0.251 e. The molecule has 1 N–H and O–H groups in total. The van der Waals surface area contributed by atoms with Gasteiger partial charge in [-0.05, 0) is 31.4 Å². The van der Waals surface area contributed by atoms with Gasteiger partial charge in [0, 0.05) is 43.5 Å². The molecule has 2 amide bonds. The number of hydrogen-bond donors (Lipinski definition) is 1. The molecule has 1 aliphatic heterocycles. The van der Waals surface area contributed by atoms with Gasteiger partial charge in [-0.1, -0.05) is 6.92 Å². The van der Waals surface area contributed by atoms with Gasteiger partial charge in [-0.25, -0.2) is 0 Å². The van der Waals surface area contributed by atoms with Crippen molar-refractivity contribution >= 4 is 11.8 Å². The van der Waals surface area contributed by atoms with Gasteiger partial charge in [0.05, 0.1) is 0 Å². The third kappa shape index (κ3) is 3.79. The Kier molecular flexibility index (Phi) is 5.09. The summed E-state index contributed by atoms with van der Waals surface area (Å²) in [7, 11) is 0. The Balaban J connectivity index is 1.80. The average Bonchev–Trinajstić information content (AvgIpc) is 2.49. The zero-order valence-electron chi connectivity index (χ0n) is 11.8. The van der Waals surface area contributed by atoms with Crippen molar-refractivity contribution in [2.45, 2.75) is 38.6 Å². The van der Waals surface area contributed by atoms with E-state index in [1.165, 1.54) is 0 Å². The molecule has 2 heterocycles. The summed E-state index contributed by atoms with van der Waals surface area (Å²) in [5.41, 5.74) is 0.629. The van der Waals surface area contributed by atoms with Crippen LogP contribution in [0.25, 0.3) is 0 Å². The zero-order chi connectivity index (χ0) is 14.4. The maximum Gasteiger partial charge on any atom is 0.251 e. The number of carbonyl (C=O) groups excluding carboxylic acids is 2. The number of hydrogen-bond acceptors (Lipinski definition) is 3. The van der Waals surface area contributed by atoms with Crippen LogP contribution in [0.2, 0.25) is 0 Å². The molecule has 108 valence electrons. The van der Waals surface area contributed by atoms with Crippen molar-refractivity contribution in [3.05, 3.63) is 30.1 Å². The fourth-order valence-corrected chi connectivity index (χ4v) is 2.42. The summed E-state index contributed by atoms with van der Waals surface area (Å²) in [5, 5.41) is 3.02. The zero-order valence-corrected chi connectivity index (χ0v) is 11.8. The maximum absolute atomic E-state index is 12.0. The SMILES string of the molecule is CCCC(=O)N1CCC(NC(=O)c2ccncc2)CC1. The summed E-state index contributed by atoms with van der Waals surface area (Å²) in [4.78, 5) is 29.6. The normalized spacial score (nSPS) is 15.9. The molecule has 0 unspecified atom stereocenters. The van der Waals surface area contributed by atoms with E-state index in [1.807, 2.05) is 11.8 Å². The van der Waals surface area contributed by atoms with E-state index in [4.69, 9.17) is 0 Å². The van der Waals surface area contributed by atoms with E-state index >= 15 is 0 Å². The molecule has 5 heteroatoms. The molecule has 1 saturated heterocycles. The van der Waals surface area contributed by atoms with E-state index < -0.39 is 0 Å². The maximum atomic E-state index is 12.0. The Labute approximate surface area is 119 Å². The van der Waals surface area contributed by atoms with Crippen LogP contribution in [0.1, 0.15) is 43.0 Å². The molecular weight excluding hydrogens is 254 g/mol. The first-order valence-corrected chi connectivity index (χ1v) is 7.19. The van der Waals surface area contributed by atoms with Gasteiger partial charge in [0.2, 0.25) is 5.91 Å². The number of carbonyl (C=O) groups is 2. The second kappa shape index (κ2) is 7.03. The first-order chi connectivity index (χ1) is 9.70. The fourth-order valence-electron chi connectivity index (χ4n) is 2.42. The Hall–Kier alpha value is -1.91. The largest absolute Gasteiger partial charge is 0.349 e. The van der Waals surface area contributed by atoms with Crippen molar-refractivity contribution in [1.29, 1.82) is 0 Å². The molecular formula is C15H21N3O2. The Morgan fingerprint density at radius 3 is 2.55 bits per heavy atom. The molecule has 1 fully saturated rings. The number of rotatable bonds is 4. The lowest BCUT2D eigenvalue weighted by Crippen LogP contribution is -2.46. The molecule has 1 aromatic heterocycles. The summed E-state index contributed by atoms with van der Waals surface area (Å²) in [6.07, 6.45) is 6.38. The van der Waals surface area contributed by atoms with Crippen LogP contribution in [-0.4, -0.2) is 40.8 Å². The van der Waals surface area contributed by atoms with E-state index in [9.17, 15) is 9.59 Å². The number of aromatic nitrogens is 1. The van der Waals surface area contributed by atoms with Crippen LogP contribution in [0.5, 0.6) is 0 Å². The highest BCUT2D eigenvalue weighted by atomic mass is 16.2. The van der Waals surface area contributed by atoms with E-state index in [1.54, 1.807) is 24.5 Å². The minimum absolute atomic E-state index is 0.0641. The molecule has 1 aromatic rings. The van der Waals surface area contributed by atoms with Crippen LogP contribution in [0.4, 0.5) is 0 Å². The number of nitrogens with one attached hydrogen (secondary N) is 1. The van der Waals surface area contributed by atoms with E-state index in [-0.39, 0.29) is 17.9 Å². The minimum atomic E-state index is -0.0641. The number of nitrogens with zero attached hydrogens (tertiary/aromatic N) is 2. The average molecular weight is 275 g/mol. The van der Waals surface area contributed by atoms with Gasteiger partial charge in [0.25, 0.3) is 5.91 Å². The van der Waals surface area contributed by atoms with Crippen molar-refractivity contribution in [2.75, 3.05) is 13.1 Å². The van der Waals surface area contributed by atoms with Crippen LogP contribution < -0.4 is 5.32 Å². The summed E-state index contributed by atoms with van der Waals surface area (Å²) >= 11 is 0. The van der Waals surface area contributed by atoms with Gasteiger partial charge in [0.15, 0.2) is 0 Å². The predicted octanol–water partition coefficient (Wildman–Crippen LogP) is 1.60. The molecule has 0 aliphatic carbocycles. The fraction of sp³-hybridized carbons (Fsp3) is 0.533. The Morgan fingerprint density at radius 2 is 1.95 bits per heavy atom. The lowest BCUT2D eigenvalue weighted by Gasteiger charge is -2.32. The molecule has 0 spiro atoms. The molecule has 2 rings (SSSR count). The summed E-state index contributed by atoms with van der Waals surface area (Å²) < 4.78 is 0. The predicted molar refractivity (Wildman–Crippen MR) is 76.2 cm³/mol. The Bertz CT molecular complexity index is 453. The standard InChI is InChI=1S/C15H21N3O2/c1-2-3-14(19)18-10-6-13(7-11-18)17-15(20)12-4-8-16-9-5-12/h4-5,8-9,13H,2-3,6-7,10-11H2,1H3,(H,17,20). The highest BCUT2D eigenvalue weighted by Crippen LogP contribution is 2.12. The van der Waals surface area contributed by atoms with Gasteiger partial charge in [0.1, 0.15) is 0 Å². The van der Waals surface area contributed by atoms with Crippen LogP contribution in [-0.2, 0) is 4.79 Å². The van der Waals surface area contributed by atoms with Gasteiger partial charge < -0.3 is 10.2 Å². The molecule has 1 aliphatic rings. The number of pyridine rings is 1. The highest BCUT2D eigenvalue weighted by Gasteiger charge is 2.23. The van der Waals surface area contributed by atoms with Crippen molar-refractivity contribution < 1.29 is 9.59 Å². The quantitative estimate of drug-likeness (QED) is 0.908. The molecule has 0 atom stereocenters. The highest BCUT2D eigenvalue weighted by molar-refractivity contribution is 5.94. The molecule has 5 nitrogen and oxygen atoms in total. The number of piperidine rings is 1. The van der Waals surface area contributed by atoms with Crippen molar-refractivity contribution in [1.82, 2.24) is 15.2 Å². The number of amides is 2. The second-order valence-corrected chi connectivity index (χ2v) is 5.11. The van der Waals surface area contributed by atoms with Gasteiger partial charge in [-0.3, -0.25) is 14.6 Å². The van der Waals surface area contributed by atoms with Crippen LogP contribution in [0.3, 0.4) is 0 Å². The van der Waals surface area contributed by atoms with Crippen molar-refractivity contribution in [3.63, 3.8) is 0 Å². The summed E-state index contributed by atoms with van der Waals surface area (Å²) in [6.45, 7) is 3.49. The molecule has 0 aromatic carbocycles. The van der Waals surface area contributed by atoms with Gasteiger partial charge in [-0.2, -0.15) is 0 Å². The number of likely N-dealkylation sites (tertiary alicyclic amines) is 1. The van der Waals surface area contributed by atoms with E-state index in [2.05, 4.69) is 10.3 Å². The summed E-state index contributed by atoms with van der Waals surface area (Å²) in [5.74, 6) is 0.164. The minimum Gasteiger partial charge on any atom is -0.349 e. The Morgan fingerprint density at radius 1 is 1.30 bits per heavy atom. The third-order valence-electron chi connectivity index (χ3n) is 3.59. The summed E-state index contributed by atoms with van der Waals surface area (Å²) in [6, 6.07) is 3.56. The van der Waals surface area contributed by atoms with Crippen molar-refractivity contribution in [3.8, 4) is 0 Å². The van der Waals surface area contributed by atoms with Crippen LogP contribution in [0.15, 0.2) is 24.5 Å². The van der Waals surface area contributed by atoms with Crippen molar-refractivity contribution in [2.24, 2.45) is 0 Å². The topological polar surface area (TPSA) is 62.3 Å². The molecule has 0 bridgehead atoms. The first kappa shape index (κ1) is 14.5. The monoisotopic (exact) mass is 275 g/mol. The molecule has 0 saturated carbocycles. The lowest BCUT2D eigenvalue weighted by molar-refractivity contribution is -0.132. The first-order valence-electron chi connectivity index (χ1n) is 7.19. The van der Waals surface area contributed by atoms with Crippen LogP contribution >= 0.6 is 0 Å². The second-order valence-electron chi connectivity index (χ2n) is 5.11. The van der Waals surface area contributed by atoms with Crippen LogP contribution in [0, 0.1) is 0 Å². The van der Waals surface area contributed by atoms with E-state index in [0.29, 0.717) is 12.0 Å². The molecule has 0 radical (unpaired) electrons.